The van der Waals surface area contributed by atoms with E-state index in [2.05, 4.69) is 15.0 Å². The summed E-state index contributed by atoms with van der Waals surface area (Å²) in [4.78, 5) is 3.88. The fraction of sp³-hybridized carbons (Fsp3) is 0.167. The number of fused-ring (bicyclic) bond motifs is 1. The van der Waals surface area contributed by atoms with Crippen molar-refractivity contribution in [3.05, 3.63) is 65.9 Å². The number of aliphatic hydroxyl groups is 1. The summed E-state index contributed by atoms with van der Waals surface area (Å²) < 4.78 is 55.7. The first-order valence-corrected chi connectivity index (χ1v) is 7.64. The van der Waals surface area contributed by atoms with Crippen molar-refractivity contribution >= 4 is 16.6 Å². The van der Waals surface area contributed by atoms with E-state index < -0.39 is 24.3 Å². The third-order valence-electron chi connectivity index (χ3n) is 3.74. The third kappa shape index (κ3) is 4.02. The minimum atomic E-state index is -2.92. The smallest absolute Gasteiger partial charge is 0.387 e. The van der Waals surface area contributed by atoms with Gasteiger partial charge in [-0.3, -0.25) is 4.98 Å². The summed E-state index contributed by atoms with van der Waals surface area (Å²) in [6.45, 7) is -2.89. The highest BCUT2D eigenvalue weighted by molar-refractivity contribution is 5.91. The predicted molar refractivity (Wildman–Crippen MR) is 88.2 cm³/mol. The van der Waals surface area contributed by atoms with Gasteiger partial charge in [-0.1, -0.05) is 12.1 Å². The summed E-state index contributed by atoms with van der Waals surface area (Å²) in [5, 5.41) is 13.4. The van der Waals surface area contributed by atoms with Crippen LogP contribution in [0.5, 0.6) is 5.75 Å². The molecule has 0 spiro atoms. The quantitative estimate of drug-likeness (QED) is 0.640. The van der Waals surface area contributed by atoms with Crippen LogP contribution in [-0.4, -0.2) is 23.2 Å². The molecule has 0 saturated heterocycles. The molecule has 26 heavy (non-hydrogen) atoms. The van der Waals surface area contributed by atoms with Gasteiger partial charge in [-0.2, -0.15) is 8.78 Å². The highest BCUT2D eigenvalue weighted by Crippen LogP contribution is 2.26. The average molecular weight is 366 g/mol. The SMILES string of the molecule is OC(CNc1ccnc2c(F)cc(F)cc12)c1ccc(OC(F)F)cc1. The molecule has 8 heteroatoms. The minimum Gasteiger partial charge on any atom is -0.435 e. The normalized spacial score (nSPS) is 12.4. The topological polar surface area (TPSA) is 54.4 Å². The molecule has 4 nitrogen and oxygen atoms in total. The van der Waals surface area contributed by atoms with E-state index in [0.717, 1.165) is 12.1 Å². The summed E-state index contributed by atoms with van der Waals surface area (Å²) in [6.07, 6.45) is 0.395. The molecule has 0 aliphatic rings. The Morgan fingerprint density at radius 2 is 1.81 bits per heavy atom. The van der Waals surface area contributed by atoms with Crippen LogP contribution in [0.4, 0.5) is 23.2 Å². The molecule has 136 valence electrons. The lowest BCUT2D eigenvalue weighted by molar-refractivity contribution is -0.0498. The number of hydrogen-bond donors (Lipinski definition) is 2. The van der Waals surface area contributed by atoms with Gasteiger partial charge in [0.1, 0.15) is 17.1 Å². The molecule has 2 N–H and O–H groups in total. The number of nitrogens with one attached hydrogen (secondary N) is 1. The van der Waals surface area contributed by atoms with Gasteiger partial charge in [-0.25, -0.2) is 8.78 Å². The Morgan fingerprint density at radius 3 is 2.50 bits per heavy atom. The number of benzene rings is 2. The van der Waals surface area contributed by atoms with Crippen LogP contribution >= 0.6 is 0 Å². The standard InChI is InChI=1S/C18H14F4N2O2/c19-11-7-13-15(5-6-23-17(13)14(20)8-11)24-9-16(25)10-1-3-12(4-2-10)26-18(21)22/h1-8,16,18,25H,9H2,(H,23,24). The number of anilines is 1. The van der Waals surface area contributed by atoms with Crippen molar-refractivity contribution in [1.82, 2.24) is 4.98 Å². The molecule has 3 aromatic rings. The second-order valence-electron chi connectivity index (χ2n) is 5.49. The molecule has 1 unspecified atom stereocenters. The number of alkyl halides is 2. The van der Waals surface area contributed by atoms with Gasteiger partial charge >= 0.3 is 6.61 Å². The van der Waals surface area contributed by atoms with Gasteiger partial charge in [-0.05, 0) is 29.8 Å². The lowest BCUT2D eigenvalue weighted by Crippen LogP contribution is -2.12. The highest BCUT2D eigenvalue weighted by atomic mass is 19.3. The summed E-state index contributed by atoms with van der Waals surface area (Å²) >= 11 is 0. The van der Waals surface area contributed by atoms with E-state index in [1.165, 1.54) is 36.5 Å². The zero-order valence-electron chi connectivity index (χ0n) is 13.3. The van der Waals surface area contributed by atoms with Gasteiger partial charge in [0.05, 0.1) is 6.10 Å². The van der Waals surface area contributed by atoms with E-state index in [1.54, 1.807) is 0 Å². The van der Waals surface area contributed by atoms with Crippen LogP contribution in [0, 0.1) is 11.6 Å². The van der Waals surface area contributed by atoms with Crippen molar-refractivity contribution in [1.29, 1.82) is 0 Å². The van der Waals surface area contributed by atoms with E-state index in [-0.39, 0.29) is 23.2 Å². The van der Waals surface area contributed by atoms with E-state index in [9.17, 15) is 22.7 Å². The highest BCUT2D eigenvalue weighted by Gasteiger charge is 2.12. The maximum Gasteiger partial charge on any atom is 0.387 e. The molecule has 0 amide bonds. The van der Waals surface area contributed by atoms with E-state index >= 15 is 0 Å². The molecule has 0 bridgehead atoms. The average Bonchev–Trinajstić information content (AvgIpc) is 2.60. The molecule has 1 atom stereocenters. The van der Waals surface area contributed by atoms with E-state index in [4.69, 9.17) is 0 Å². The zero-order valence-corrected chi connectivity index (χ0v) is 13.3. The maximum atomic E-state index is 13.8. The van der Waals surface area contributed by atoms with Crippen molar-refractivity contribution in [2.24, 2.45) is 0 Å². The molecular formula is C18H14F4N2O2. The van der Waals surface area contributed by atoms with Crippen molar-refractivity contribution in [3.63, 3.8) is 0 Å². The van der Waals surface area contributed by atoms with Crippen LogP contribution in [0.1, 0.15) is 11.7 Å². The molecule has 0 aliphatic carbocycles. The Hall–Kier alpha value is -2.87. The first-order valence-electron chi connectivity index (χ1n) is 7.64. The zero-order chi connectivity index (χ0) is 18.7. The van der Waals surface area contributed by atoms with E-state index in [1.807, 2.05) is 0 Å². The van der Waals surface area contributed by atoms with Crippen LogP contribution in [-0.2, 0) is 0 Å². The van der Waals surface area contributed by atoms with Gasteiger partial charge in [0.25, 0.3) is 0 Å². The van der Waals surface area contributed by atoms with Crippen LogP contribution in [0.2, 0.25) is 0 Å². The van der Waals surface area contributed by atoms with Crippen LogP contribution in [0.3, 0.4) is 0 Å². The van der Waals surface area contributed by atoms with E-state index in [0.29, 0.717) is 11.3 Å². The molecule has 1 heterocycles. The Labute approximate surface area is 146 Å². The third-order valence-corrected chi connectivity index (χ3v) is 3.74. The summed E-state index contributed by atoms with van der Waals surface area (Å²) in [7, 11) is 0. The van der Waals surface area contributed by atoms with Gasteiger partial charge in [0.2, 0.25) is 0 Å². The van der Waals surface area contributed by atoms with Crippen molar-refractivity contribution < 1.29 is 27.4 Å². The molecule has 0 radical (unpaired) electrons. The molecule has 3 rings (SSSR count). The summed E-state index contributed by atoms with van der Waals surface area (Å²) in [5.74, 6) is -1.53. The van der Waals surface area contributed by atoms with Crippen LogP contribution < -0.4 is 10.1 Å². The monoisotopic (exact) mass is 366 g/mol. The molecule has 0 saturated carbocycles. The first kappa shape index (κ1) is 17.9. The number of aromatic nitrogens is 1. The second kappa shape index (κ2) is 7.57. The molecule has 2 aromatic carbocycles. The number of ether oxygens (including phenoxy) is 1. The molecule has 0 aliphatic heterocycles. The minimum absolute atomic E-state index is 0.0133. The van der Waals surface area contributed by atoms with Gasteiger partial charge in [0.15, 0.2) is 5.82 Å². The predicted octanol–water partition coefficient (Wildman–Crippen LogP) is 4.26. The van der Waals surface area contributed by atoms with Crippen molar-refractivity contribution in [3.8, 4) is 5.75 Å². The van der Waals surface area contributed by atoms with Gasteiger partial charge < -0.3 is 15.2 Å². The second-order valence-corrected chi connectivity index (χ2v) is 5.49. The fourth-order valence-electron chi connectivity index (χ4n) is 2.53. The Morgan fingerprint density at radius 1 is 1.08 bits per heavy atom. The number of rotatable bonds is 6. The van der Waals surface area contributed by atoms with Crippen LogP contribution in [0.25, 0.3) is 10.9 Å². The number of pyridine rings is 1. The Kier molecular flexibility index (Phi) is 5.22. The number of nitrogens with zero attached hydrogens (tertiary/aromatic N) is 1. The maximum absolute atomic E-state index is 13.8. The Balaban J connectivity index is 1.73. The summed E-state index contributed by atoms with van der Waals surface area (Å²) in [5.41, 5.74) is 0.888. The fourth-order valence-corrected chi connectivity index (χ4v) is 2.53. The first-order chi connectivity index (χ1) is 12.4. The lowest BCUT2D eigenvalue weighted by Gasteiger charge is -2.15. The molecule has 1 aromatic heterocycles. The Bertz CT molecular complexity index is 904. The number of hydrogen-bond acceptors (Lipinski definition) is 4. The summed E-state index contributed by atoms with van der Waals surface area (Å²) in [6, 6.07) is 8.97. The van der Waals surface area contributed by atoms with Crippen molar-refractivity contribution in [2.45, 2.75) is 12.7 Å². The number of halogens is 4. The lowest BCUT2D eigenvalue weighted by atomic mass is 10.1. The van der Waals surface area contributed by atoms with Crippen LogP contribution in [0.15, 0.2) is 48.7 Å². The number of aliphatic hydroxyl groups excluding tert-OH is 1. The van der Waals surface area contributed by atoms with Crippen molar-refractivity contribution in [2.75, 3.05) is 11.9 Å². The van der Waals surface area contributed by atoms with Gasteiger partial charge in [0, 0.05) is 29.9 Å². The van der Waals surface area contributed by atoms with Gasteiger partial charge in [-0.15, -0.1) is 0 Å². The largest absolute Gasteiger partial charge is 0.435 e. The molecule has 0 fully saturated rings. The molecular weight excluding hydrogens is 352 g/mol.